The smallest absolute Gasteiger partial charge is 0.0578 e. The Bertz CT molecular complexity index is 956. The molecule has 5 unspecified atom stereocenters. The highest BCUT2D eigenvalue weighted by Gasteiger charge is 2.54. The molecule has 0 amide bonds. The lowest BCUT2D eigenvalue weighted by Crippen LogP contribution is -2.42. The van der Waals surface area contributed by atoms with E-state index in [0.717, 1.165) is 29.2 Å². The SMILES string of the molecule is CCC(C)C[Si]1(C2C(C)CC3C(c4cccc5ccccc45)=CC=CC32)CCCC1. The Balaban J connectivity index is 1.52. The van der Waals surface area contributed by atoms with Gasteiger partial charge in [-0.2, -0.15) is 0 Å². The van der Waals surface area contributed by atoms with Crippen molar-refractivity contribution < 1.29 is 0 Å². The van der Waals surface area contributed by atoms with Crippen LogP contribution in [-0.2, 0) is 0 Å². The zero-order valence-corrected chi connectivity index (χ0v) is 20.1. The molecule has 158 valence electrons. The molecule has 2 fully saturated rings. The van der Waals surface area contributed by atoms with Crippen molar-refractivity contribution in [2.75, 3.05) is 0 Å². The van der Waals surface area contributed by atoms with Crippen LogP contribution >= 0.6 is 0 Å². The summed E-state index contributed by atoms with van der Waals surface area (Å²) in [6.07, 6.45) is 13.3. The lowest BCUT2D eigenvalue weighted by Gasteiger charge is -2.42. The second-order valence-corrected chi connectivity index (χ2v) is 15.5. The van der Waals surface area contributed by atoms with Gasteiger partial charge in [-0.3, -0.25) is 0 Å². The van der Waals surface area contributed by atoms with Gasteiger partial charge in [0.05, 0.1) is 8.07 Å². The maximum absolute atomic E-state index is 2.64. The van der Waals surface area contributed by atoms with Crippen molar-refractivity contribution in [1.29, 1.82) is 0 Å². The maximum Gasteiger partial charge on any atom is 0.0578 e. The summed E-state index contributed by atoms with van der Waals surface area (Å²) in [4.78, 5) is 0. The highest BCUT2D eigenvalue weighted by molar-refractivity contribution is 6.82. The van der Waals surface area contributed by atoms with Crippen LogP contribution in [0.25, 0.3) is 16.3 Å². The summed E-state index contributed by atoms with van der Waals surface area (Å²) >= 11 is 0. The quantitative estimate of drug-likeness (QED) is 0.429. The molecule has 0 bridgehead atoms. The first-order valence-electron chi connectivity index (χ1n) is 12.5. The van der Waals surface area contributed by atoms with E-state index in [4.69, 9.17) is 0 Å². The molecular formula is C29H38Si. The van der Waals surface area contributed by atoms with Gasteiger partial charge in [-0.15, -0.1) is 0 Å². The average molecular weight is 415 g/mol. The van der Waals surface area contributed by atoms with Crippen LogP contribution < -0.4 is 0 Å². The van der Waals surface area contributed by atoms with Crippen LogP contribution in [-0.4, -0.2) is 8.07 Å². The summed E-state index contributed by atoms with van der Waals surface area (Å²) in [5.74, 6) is 3.31. The lowest BCUT2D eigenvalue weighted by molar-refractivity contribution is 0.529. The van der Waals surface area contributed by atoms with Crippen molar-refractivity contribution in [2.24, 2.45) is 23.7 Å². The Morgan fingerprint density at radius 1 is 1.03 bits per heavy atom. The average Bonchev–Trinajstić information content (AvgIpc) is 3.37. The van der Waals surface area contributed by atoms with Crippen molar-refractivity contribution in [3.05, 3.63) is 66.3 Å². The van der Waals surface area contributed by atoms with Crippen molar-refractivity contribution in [3.8, 4) is 0 Å². The molecular weight excluding hydrogens is 376 g/mol. The van der Waals surface area contributed by atoms with Crippen molar-refractivity contribution in [3.63, 3.8) is 0 Å². The monoisotopic (exact) mass is 414 g/mol. The van der Waals surface area contributed by atoms with Gasteiger partial charge in [0.15, 0.2) is 0 Å². The van der Waals surface area contributed by atoms with Gasteiger partial charge in [0.2, 0.25) is 0 Å². The van der Waals surface area contributed by atoms with Gasteiger partial charge in [-0.25, -0.2) is 0 Å². The first-order valence-corrected chi connectivity index (χ1v) is 15.2. The molecule has 1 heteroatoms. The Morgan fingerprint density at radius 3 is 2.60 bits per heavy atom. The van der Waals surface area contributed by atoms with Gasteiger partial charge >= 0.3 is 0 Å². The van der Waals surface area contributed by atoms with Crippen LogP contribution in [0.5, 0.6) is 0 Å². The minimum atomic E-state index is -1.22. The van der Waals surface area contributed by atoms with Gasteiger partial charge in [-0.1, -0.05) is 119 Å². The van der Waals surface area contributed by atoms with E-state index in [-0.39, 0.29) is 0 Å². The van der Waals surface area contributed by atoms with Crippen LogP contribution in [0.15, 0.2) is 60.7 Å². The van der Waals surface area contributed by atoms with E-state index in [1.165, 1.54) is 42.0 Å². The number of hydrogen-bond acceptors (Lipinski definition) is 0. The summed E-state index contributed by atoms with van der Waals surface area (Å²) in [7, 11) is -1.22. The van der Waals surface area contributed by atoms with E-state index < -0.39 is 8.07 Å². The first-order chi connectivity index (χ1) is 14.6. The van der Waals surface area contributed by atoms with Gasteiger partial charge in [0, 0.05) is 0 Å². The van der Waals surface area contributed by atoms with Gasteiger partial charge in [0.25, 0.3) is 0 Å². The molecule has 2 aromatic carbocycles. The van der Waals surface area contributed by atoms with E-state index >= 15 is 0 Å². The van der Waals surface area contributed by atoms with E-state index in [0.29, 0.717) is 0 Å². The van der Waals surface area contributed by atoms with E-state index in [1.807, 2.05) is 0 Å². The van der Waals surface area contributed by atoms with E-state index in [9.17, 15) is 0 Å². The highest BCUT2D eigenvalue weighted by atomic mass is 28.3. The van der Waals surface area contributed by atoms with E-state index in [1.54, 1.807) is 23.7 Å². The van der Waals surface area contributed by atoms with Crippen LogP contribution in [0, 0.1) is 23.7 Å². The molecule has 0 nitrogen and oxygen atoms in total. The molecule has 1 aliphatic heterocycles. The molecule has 5 rings (SSSR count). The Labute approximate surface area is 184 Å². The summed E-state index contributed by atoms with van der Waals surface area (Å²) in [5, 5.41) is 2.81. The Kier molecular flexibility index (Phi) is 5.52. The molecule has 0 N–H and O–H groups in total. The summed E-state index contributed by atoms with van der Waals surface area (Å²) in [5.41, 5.74) is 4.11. The zero-order valence-electron chi connectivity index (χ0n) is 19.1. The molecule has 1 saturated carbocycles. The molecule has 30 heavy (non-hydrogen) atoms. The third-order valence-corrected chi connectivity index (χ3v) is 15.6. The number of rotatable bonds is 5. The third-order valence-electron chi connectivity index (χ3n) is 8.99. The fourth-order valence-corrected chi connectivity index (χ4v) is 15.4. The predicted molar refractivity (Wildman–Crippen MR) is 134 cm³/mol. The first kappa shape index (κ1) is 20.3. The standard InChI is InChI=1S/C29H38Si/c1-4-21(2)20-30(17-7-8-18-30)29-22(3)19-28-26(15-10-16-27(28)29)25-14-9-12-23-11-5-6-13-24(23)25/h5-6,9-16,21-22,27-29H,4,7-8,17-20H2,1-3H3. The van der Waals surface area contributed by atoms with Crippen molar-refractivity contribution in [1.82, 2.24) is 0 Å². The van der Waals surface area contributed by atoms with Crippen molar-refractivity contribution in [2.45, 2.75) is 70.1 Å². The second kappa shape index (κ2) is 8.15. The molecule has 0 aromatic heterocycles. The van der Waals surface area contributed by atoms with Crippen molar-refractivity contribution >= 4 is 24.4 Å². The number of benzene rings is 2. The maximum atomic E-state index is 2.64. The molecule has 1 saturated heterocycles. The fourth-order valence-electron chi connectivity index (χ4n) is 7.70. The van der Waals surface area contributed by atoms with Gasteiger partial charge in [-0.05, 0) is 57.5 Å². The molecule has 2 aliphatic carbocycles. The molecule has 0 radical (unpaired) electrons. The summed E-state index contributed by atoms with van der Waals surface area (Å²) in [6, 6.07) is 20.7. The minimum absolute atomic E-state index is 0.725. The van der Waals surface area contributed by atoms with Gasteiger partial charge in [0.1, 0.15) is 0 Å². The normalized spacial score (nSPS) is 31.0. The van der Waals surface area contributed by atoms with Crippen LogP contribution in [0.1, 0.15) is 52.0 Å². The number of fused-ring (bicyclic) bond motifs is 2. The lowest BCUT2D eigenvalue weighted by atomic mass is 9.80. The number of allylic oxidation sites excluding steroid dienone is 4. The van der Waals surface area contributed by atoms with Gasteiger partial charge < -0.3 is 0 Å². The predicted octanol–water partition coefficient (Wildman–Crippen LogP) is 8.72. The van der Waals surface area contributed by atoms with E-state index in [2.05, 4.69) is 81.5 Å². The summed E-state index contributed by atoms with van der Waals surface area (Å²) < 4.78 is 0. The largest absolute Gasteiger partial charge is 0.0808 e. The van der Waals surface area contributed by atoms with Crippen LogP contribution in [0.3, 0.4) is 0 Å². The molecule has 3 aliphatic rings. The second-order valence-electron chi connectivity index (χ2n) is 10.7. The Morgan fingerprint density at radius 2 is 1.80 bits per heavy atom. The molecule has 1 heterocycles. The van der Waals surface area contributed by atoms with Crippen LogP contribution in [0.4, 0.5) is 0 Å². The minimum Gasteiger partial charge on any atom is -0.0808 e. The summed E-state index contributed by atoms with van der Waals surface area (Å²) in [6.45, 7) is 7.55. The Hall–Kier alpha value is -1.60. The highest BCUT2D eigenvalue weighted by Crippen LogP contribution is 2.61. The zero-order chi connectivity index (χ0) is 20.7. The molecule has 0 spiro atoms. The van der Waals surface area contributed by atoms with Crippen LogP contribution in [0.2, 0.25) is 23.7 Å². The number of hydrogen-bond donors (Lipinski definition) is 0. The topological polar surface area (TPSA) is 0 Å². The molecule has 5 atom stereocenters. The molecule has 2 aromatic rings. The third kappa shape index (κ3) is 3.34. The fraction of sp³-hybridized carbons (Fsp3) is 0.517.